The van der Waals surface area contributed by atoms with Crippen LogP contribution in [0.1, 0.15) is 54.2 Å². The summed E-state index contributed by atoms with van der Waals surface area (Å²) in [6.45, 7) is 30.6. The predicted octanol–water partition coefficient (Wildman–Crippen LogP) is 7.89. The van der Waals surface area contributed by atoms with Gasteiger partial charge in [-0.15, -0.1) is 0 Å². The van der Waals surface area contributed by atoms with Crippen molar-refractivity contribution in [2.24, 2.45) is 0 Å². The van der Waals surface area contributed by atoms with Gasteiger partial charge in [0.1, 0.15) is 18.0 Å². The van der Waals surface area contributed by atoms with E-state index < -0.39 is 30.9 Å². The van der Waals surface area contributed by atoms with Crippen molar-refractivity contribution in [2.45, 2.75) is 128 Å². The van der Waals surface area contributed by atoms with Gasteiger partial charge in [-0.1, -0.05) is 67.2 Å². The summed E-state index contributed by atoms with van der Waals surface area (Å²) >= 11 is 0. The van der Waals surface area contributed by atoms with Gasteiger partial charge in [0.15, 0.2) is 33.6 Å². The number of ether oxygens (including phenoxy) is 2. The van der Waals surface area contributed by atoms with Gasteiger partial charge in [-0.05, 0) is 54.4 Å². The highest BCUT2D eigenvalue weighted by atomic mass is 28.4. The zero-order chi connectivity index (χ0) is 33.6. The Kier molecular flexibility index (Phi) is 10.1. The van der Waals surface area contributed by atoms with Gasteiger partial charge in [-0.2, -0.15) is 9.97 Å². The summed E-state index contributed by atoms with van der Waals surface area (Å²) in [7, 11) is -5.51. The van der Waals surface area contributed by atoms with Gasteiger partial charge < -0.3 is 24.1 Å². The number of hydrogen-bond donors (Lipinski definition) is 1. The summed E-state index contributed by atoms with van der Waals surface area (Å²) in [6, 6.07) is 6.77. The third-order valence-corrected chi connectivity index (χ3v) is 20.4. The Hall–Kier alpha value is -2.17. The van der Waals surface area contributed by atoms with Crippen molar-refractivity contribution in [2.75, 3.05) is 18.9 Å². The molecule has 3 aromatic rings. The Morgan fingerprint density at radius 2 is 1.60 bits per heavy atom. The number of anilines is 1. The summed E-state index contributed by atoms with van der Waals surface area (Å²) in [5.41, 5.74) is 8.11. The molecule has 0 aliphatic carbocycles. The lowest BCUT2D eigenvalue weighted by Crippen LogP contribution is -2.48. The van der Waals surface area contributed by atoms with Crippen molar-refractivity contribution in [3.63, 3.8) is 0 Å². The lowest BCUT2D eigenvalue weighted by Gasteiger charge is -2.40. The Morgan fingerprint density at radius 3 is 2.18 bits per heavy atom. The zero-order valence-electron chi connectivity index (χ0n) is 29.8. The summed E-state index contributed by atoms with van der Waals surface area (Å²) < 4.78 is 29.0. The van der Waals surface area contributed by atoms with Crippen LogP contribution in [0, 0.1) is 0 Å². The lowest BCUT2D eigenvalue weighted by atomic mass is 10.2. The van der Waals surface area contributed by atoms with E-state index in [9.17, 15) is 0 Å². The molecule has 0 unspecified atom stereocenters. The van der Waals surface area contributed by atoms with E-state index in [0.29, 0.717) is 48.2 Å². The second-order valence-corrected chi connectivity index (χ2v) is 31.8. The van der Waals surface area contributed by atoms with Crippen molar-refractivity contribution in [1.29, 1.82) is 0 Å². The molecule has 250 valence electrons. The molecule has 1 fully saturated rings. The number of nitrogens with zero attached hydrogens (tertiary/aromatic N) is 5. The van der Waals surface area contributed by atoms with Crippen LogP contribution in [0.15, 0.2) is 24.4 Å². The molecule has 0 aromatic carbocycles. The molecule has 1 aliphatic rings. The molecule has 3 atom stereocenters. The number of pyridine rings is 1. The van der Waals surface area contributed by atoms with Crippen LogP contribution in [-0.2, 0) is 13.6 Å². The lowest BCUT2D eigenvalue weighted by molar-refractivity contribution is -0.0378. The quantitative estimate of drug-likeness (QED) is 0.203. The smallest absolute Gasteiger partial charge is 0.247 e. The number of aromatic nitrogens is 5. The first kappa shape index (κ1) is 35.7. The van der Waals surface area contributed by atoms with E-state index in [4.69, 9.17) is 34.0 Å². The third kappa shape index (κ3) is 8.22. The number of fused-ring (bicyclic) bond motifs is 1. The van der Waals surface area contributed by atoms with Crippen LogP contribution >= 0.6 is 0 Å². The van der Waals surface area contributed by atoms with Crippen LogP contribution in [0.5, 0.6) is 5.88 Å². The fourth-order valence-corrected chi connectivity index (χ4v) is 7.75. The van der Waals surface area contributed by atoms with E-state index in [0.717, 1.165) is 6.04 Å². The van der Waals surface area contributed by atoms with Crippen molar-refractivity contribution in [3.8, 4) is 17.4 Å². The highest BCUT2D eigenvalue weighted by molar-refractivity contribution is 6.76. The van der Waals surface area contributed by atoms with Gasteiger partial charge in [-0.3, -0.25) is 9.55 Å². The van der Waals surface area contributed by atoms with Crippen LogP contribution in [0.2, 0.25) is 61.9 Å². The number of imidazole rings is 1. The van der Waals surface area contributed by atoms with Crippen molar-refractivity contribution >= 4 is 41.8 Å². The third-order valence-electron chi connectivity index (χ3n) is 9.65. The minimum Gasteiger partial charge on any atom is -0.476 e. The molecule has 0 radical (unpaired) electrons. The fraction of sp³-hybridized carbons (Fsp3) is 0.688. The summed E-state index contributed by atoms with van der Waals surface area (Å²) in [4.78, 5) is 18.9. The molecule has 3 aromatic heterocycles. The van der Waals surface area contributed by atoms with Crippen LogP contribution in [0.25, 0.3) is 22.7 Å². The zero-order valence-corrected chi connectivity index (χ0v) is 32.8. The predicted molar refractivity (Wildman–Crippen MR) is 190 cm³/mol. The van der Waals surface area contributed by atoms with Crippen molar-refractivity contribution < 1.29 is 18.3 Å². The fourth-order valence-electron chi connectivity index (χ4n) is 4.66. The first-order valence-electron chi connectivity index (χ1n) is 16.2. The summed E-state index contributed by atoms with van der Waals surface area (Å²) in [5, 5.41) is 0.119. The van der Waals surface area contributed by atoms with Gasteiger partial charge in [0.25, 0.3) is 0 Å². The Bertz CT molecular complexity index is 1460. The molecular formula is C32H56N6O4Si3. The molecule has 45 heavy (non-hydrogen) atoms. The minimum atomic E-state index is -2.14. The first-order chi connectivity index (χ1) is 20.6. The molecule has 2 N–H and O–H groups in total. The van der Waals surface area contributed by atoms with Gasteiger partial charge in [0, 0.05) is 20.7 Å². The maximum atomic E-state index is 7.07. The van der Waals surface area contributed by atoms with E-state index >= 15 is 0 Å². The molecule has 1 aliphatic heterocycles. The second kappa shape index (κ2) is 12.8. The van der Waals surface area contributed by atoms with Gasteiger partial charge >= 0.3 is 0 Å². The highest BCUT2D eigenvalue weighted by Crippen LogP contribution is 2.44. The Labute approximate surface area is 273 Å². The highest BCUT2D eigenvalue weighted by Gasteiger charge is 2.47. The Balaban J connectivity index is 1.79. The monoisotopic (exact) mass is 672 g/mol. The van der Waals surface area contributed by atoms with E-state index in [1.165, 1.54) is 0 Å². The summed E-state index contributed by atoms with van der Waals surface area (Å²) in [6.07, 6.45) is 1.51. The number of nitrogens with two attached hydrogens (primary N) is 1. The molecule has 0 saturated carbocycles. The maximum absolute atomic E-state index is 7.07. The largest absolute Gasteiger partial charge is 0.476 e. The maximum Gasteiger partial charge on any atom is 0.247 e. The number of nitrogen functional groups attached to an aromatic ring is 1. The SMILES string of the molecule is CC(C)(C)[Si](C)(C)OC[C@H]1O[C@@H](n2c(-c3ccccn3)nc3c(OCC[Si](C)(C)C)nc(N)nc32)C[C@@H]1O[Si](C)(C)C(C)(C)C. The number of hydrogen-bond acceptors (Lipinski definition) is 9. The molecule has 10 nitrogen and oxygen atoms in total. The molecular weight excluding hydrogens is 617 g/mol. The standard InChI is InChI=1S/C32H56N6O4Si3/c1-31(2,3)44(10,11)40-21-24-23(42-45(12,13)32(4,5)6)20-25(41-24)38-27(22-16-14-15-17-34-22)35-26-28(38)36-30(33)37-29(26)39-18-19-43(7,8)9/h14-17,23-25H,18-21H2,1-13H3,(H2,33,36,37)/t23-,24+,25+/m0/s1. The van der Waals surface area contributed by atoms with Crippen LogP contribution < -0.4 is 10.5 Å². The molecule has 1 saturated heterocycles. The van der Waals surface area contributed by atoms with Crippen LogP contribution in [0.4, 0.5) is 5.95 Å². The van der Waals surface area contributed by atoms with Gasteiger partial charge in [-0.25, -0.2) is 4.98 Å². The molecule has 0 spiro atoms. The Morgan fingerprint density at radius 1 is 0.933 bits per heavy atom. The van der Waals surface area contributed by atoms with Crippen LogP contribution in [0.3, 0.4) is 0 Å². The number of rotatable bonds is 11. The van der Waals surface area contributed by atoms with E-state index in [1.807, 2.05) is 22.8 Å². The summed E-state index contributed by atoms with van der Waals surface area (Å²) in [5.74, 6) is 1.14. The second-order valence-electron chi connectivity index (χ2n) is 16.6. The first-order valence-corrected chi connectivity index (χ1v) is 25.7. The molecule has 4 rings (SSSR count). The van der Waals surface area contributed by atoms with Crippen molar-refractivity contribution in [3.05, 3.63) is 24.4 Å². The molecule has 0 amide bonds. The topological polar surface area (TPSA) is 119 Å². The molecule has 4 heterocycles. The van der Waals surface area contributed by atoms with Crippen molar-refractivity contribution in [1.82, 2.24) is 24.5 Å². The van der Waals surface area contributed by atoms with E-state index in [-0.39, 0.29) is 28.2 Å². The average molecular weight is 673 g/mol. The normalized spacial score (nSPS) is 20.2. The average Bonchev–Trinajstić information content (AvgIpc) is 3.46. The van der Waals surface area contributed by atoms with E-state index in [2.05, 4.69) is 97.3 Å². The minimum absolute atomic E-state index is 0.0422. The molecule has 0 bridgehead atoms. The molecule has 13 heteroatoms. The van der Waals surface area contributed by atoms with Crippen LogP contribution in [-0.4, -0.2) is 74.6 Å². The van der Waals surface area contributed by atoms with E-state index in [1.54, 1.807) is 6.20 Å². The van der Waals surface area contributed by atoms with Gasteiger partial charge in [0.2, 0.25) is 11.8 Å². The van der Waals surface area contributed by atoms with Gasteiger partial charge in [0.05, 0.1) is 19.3 Å².